The summed E-state index contributed by atoms with van der Waals surface area (Å²) in [5.41, 5.74) is 1.35. The zero-order valence-electron chi connectivity index (χ0n) is 14.3. The number of aryl methyl sites for hydroxylation is 1. The Hall–Kier alpha value is -1.55. The fraction of sp³-hybridized carbons (Fsp3) is 0.611. The van der Waals surface area contributed by atoms with Gasteiger partial charge in [-0.3, -0.25) is 9.69 Å². The molecular weight excluding hydrogens is 276 g/mol. The molecule has 0 N–H and O–H groups in total. The molecule has 1 fully saturated rings. The summed E-state index contributed by atoms with van der Waals surface area (Å²) >= 11 is 0. The first kappa shape index (κ1) is 16.8. The number of amides is 1. The maximum absolute atomic E-state index is 12.3. The summed E-state index contributed by atoms with van der Waals surface area (Å²) in [7, 11) is 0. The minimum absolute atomic E-state index is 0.0791. The van der Waals surface area contributed by atoms with Crippen LogP contribution in [0.5, 0.6) is 5.75 Å². The molecule has 0 atom stereocenters. The molecule has 4 heteroatoms. The van der Waals surface area contributed by atoms with Crippen LogP contribution in [-0.4, -0.2) is 54.0 Å². The topological polar surface area (TPSA) is 32.8 Å². The number of rotatable bonds is 5. The first-order valence-corrected chi connectivity index (χ1v) is 8.14. The molecular formula is C18H28N2O2. The average molecular weight is 304 g/mol. The van der Waals surface area contributed by atoms with E-state index in [2.05, 4.69) is 25.7 Å². The van der Waals surface area contributed by atoms with Gasteiger partial charge in [0.25, 0.3) is 5.91 Å². The molecule has 0 unspecified atom stereocenters. The maximum Gasteiger partial charge on any atom is 0.260 e. The normalized spacial score (nSPS) is 16.6. The summed E-state index contributed by atoms with van der Waals surface area (Å²) in [6.45, 7) is 12.4. The second-order valence-electron chi connectivity index (χ2n) is 6.64. The van der Waals surface area contributed by atoms with Crippen LogP contribution in [0.2, 0.25) is 0 Å². The number of hydrogen-bond acceptors (Lipinski definition) is 3. The van der Waals surface area contributed by atoms with Crippen molar-refractivity contribution in [3.8, 4) is 5.75 Å². The van der Waals surface area contributed by atoms with Gasteiger partial charge in [0.05, 0.1) is 0 Å². The van der Waals surface area contributed by atoms with Crippen LogP contribution in [0.25, 0.3) is 0 Å². The van der Waals surface area contributed by atoms with Gasteiger partial charge in [0.1, 0.15) is 5.75 Å². The summed E-state index contributed by atoms with van der Waals surface area (Å²) in [6, 6.07) is 7.81. The first-order valence-electron chi connectivity index (χ1n) is 8.14. The molecule has 122 valence electrons. The van der Waals surface area contributed by atoms with Gasteiger partial charge in [-0.15, -0.1) is 0 Å². The van der Waals surface area contributed by atoms with E-state index in [4.69, 9.17) is 4.74 Å². The highest BCUT2D eigenvalue weighted by molar-refractivity contribution is 5.77. The summed E-state index contributed by atoms with van der Waals surface area (Å²) in [6.07, 6.45) is 1.12. The maximum atomic E-state index is 12.3. The Kier molecular flexibility index (Phi) is 5.46. The highest BCUT2D eigenvalue weighted by Gasteiger charge is 2.29. The average Bonchev–Trinajstić information content (AvgIpc) is 2.53. The van der Waals surface area contributed by atoms with Crippen LogP contribution >= 0.6 is 0 Å². The van der Waals surface area contributed by atoms with Crippen LogP contribution in [-0.2, 0) is 4.79 Å². The van der Waals surface area contributed by atoms with Crippen molar-refractivity contribution in [3.05, 3.63) is 29.8 Å². The summed E-state index contributed by atoms with van der Waals surface area (Å²) in [4.78, 5) is 16.6. The van der Waals surface area contributed by atoms with Gasteiger partial charge in [-0.2, -0.15) is 0 Å². The third-order valence-electron chi connectivity index (χ3n) is 4.71. The number of carbonyl (C=O) groups excluding carboxylic acids is 1. The Balaban J connectivity index is 1.80. The van der Waals surface area contributed by atoms with Crippen molar-refractivity contribution in [3.63, 3.8) is 0 Å². The highest BCUT2D eigenvalue weighted by atomic mass is 16.5. The van der Waals surface area contributed by atoms with Crippen LogP contribution in [0.15, 0.2) is 24.3 Å². The molecule has 0 aromatic heterocycles. The van der Waals surface area contributed by atoms with E-state index in [0.29, 0.717) is 0 Å². The fourth-order valence-corrected chi connectivity index (χ4v) is 2.73. The number of hydrogen-bond donors (Lipinski definition) is 0. The van der Waals surface area contributed by atoms with Gasteiger partial charge in [-0.1, -0.05) is 19.1 Å². The van der Waals surface area contributed by atoms with Gasteiger partial charge >= 0.3 is 0 Å². The SMILES string of the molecule is CCC(C)(C)N1CCN(C(=O)COc2cccc(C)c2)CC1. The quantitative estimate of drug-likeness (QED) is 0.838. The lowest BCUT2D eigenvalue weighted by molar-refractivity contribution is -0.136. The molecule has 1 amide bonds. The van der Waals surface area contributed by atoms with Crippen molar-refractivity contribution in [2.24, 2.45) is 0 Å². The molecule has 2 rings (SSSR count). The van der Waals surface area contributed by atoms with Crippen molar-refractivity contribution >= 4 is 5.91 Å². The first-order chi connectivity index (χ1) is 10.4. The van der Waals surface area contributed by atoms with Crippen LogP contribution in [0.1, 0.15) is 32.8 Å². The lowest BCUT2D eigenvalue weighted by Gasteiger charge is -2.43. The summed E-state index contributed by atoms with van der Waals surface area (Å²) in [5.74, 6) is 0.842. The van der Waals surface area contributed by atoms with Crippen molar-refractivity contribution in [2.45, 2.75) is 39.7 Å². The third-order valence-corrected chi connectivity index (χ3v) is 4.71. The van der Waals surface area contributed by atoms with E-state index in [1.54, 1.807) is 0 Å². The number of carbonyl (C=O) groups is 1. The molecule has 0 saturated carbocycles. The second-order valence-corrected chi connectivity index (χ2v) is 6.64. The predicted octanol–water partition coefficient (Wildman–Crippen LogP) is 2.71. The standard InChI is InChI=1S/C18H28N2O2/c1-5-18(3,4)20-11-9-19(10-12-20)17(21)14-22-16-8-6-7-15(2)13-16/h6-8,13H,5,9-12,14H2,1-4H3. The van der Waals surface area contributed by atoms with Crippen LogP contribution < -0.4 is 4.74 Å². The molecule has 0 spiro atoms. The Morgan fingerprint density at radius 1 is 1.23 bits per heavy atom. The molecule has 1 aromatic rings. The predicted molar refractivity (Wildman–Crippen MR) is 89.2 cm³/mol. The van der Waals surface area contributed by atoms with Gasteiger partial charge in [0, 0.05) is 31.7 Å². The lowest BCUT2D eigenvalue weighted by atomic mass is 9.98. The van der Waals surface area contributed by atoms with E-state index in [1.807, 2.05) is 36.1 Å². The molecule has 4 nitrogen and oxygen atoms in total. The van der Waals surface area contributed by atoms with E-state index in [0.717, 1.165) is 43.9 Å². The molecule has 0 bridgehead atoms. The molecule has 1 saturated heterocycles. The van der Waals surface area contributed by atoms with Crippen molar-refractivity contribution in [1.82, 2.24) is 9.80 Å². The lowest BCUT2D eigenvalue weighted by Crippen LogP contribution is -2.56. The smallest absolute Gasteiger partial charge is 0.260 e. The van der Waals surface area contributed by atoms with E-state index in [9.17, 15) is 4.79 Å². The van der Waals surface area contributed by atoms with Crippen LogP contribution in [0, 0.1) is 6.92 Å². The van der Waals surface area contributed by atoms with Crippen molar-refractivity contribution < 1.29 is 9.53 Å². The van der Waals surface area contributed by atoms with Gasteiger partial charge in [0.2, 0.25) is 0 Å². The molecule has 1 aliphatic heterocycles. The second kappa shape index (κ2) is 7.14. The molecule has 1 aromatic carbocycles. The van der Waals surface area contributed by atoms with E-state index in [-0.39, 0.29) is 18.1 Å². The van der Waals surface area contributed by atoms with E-state index >= 15 is 0 Å². The zero-order chi connectivity index (χ0) is 16.2. The van der Waals surface area contributed by atoms with Gasteiger partial charge in [0.15, 0.2) is 6.61 Å². The number of piperazine rings is 1. The largest absolute Gasteiger partial charge is 0.484 e. The number of benzene rings is 1. The number of nitrogens with zero attached hydrogens (tertiary/aromatic N) is 2. The molecule has 1 aliphatic rings. The highest BCUT2D eigenvalue weighted by Crippen LogP contribution is 2.20. The van der Waals surface area contributed by atoms with Crippen molar-refractivity contribution in [1.29, 1.82) is 0 Å². The monoisotopic (exact) mass is 304 g/mol. The molecule has 1 heterocycles. The van der Waals surface area contributed by atoms with Crippen LogP contribution in [0.3, 0.4) is 0 Å². The molecule has 0 radical (unpaired) electrons. The Labute approximate surface area is 134 Å². The Morgan fingerprint density at radius 2 is 1.91 bits per heavy atom. The zero-order valence-corrected chi connectivity index (χ0v) is 14.3. The summed E-state index contributed by atoms with van der Waals surface area (Å²) < 4.78 is 5.61. The minimum Gasteiger partial charge on any atom is -0.484 e. The summed E-state index contributed by atoms with van der Waals surface area (Å²) in [5, 5.41) is 0. The third kappa shape index (κ3) is 4.23. The van der Waals surface area contributed by atoms with Gasteiger partial charge in [-0.05, 0) is 44.9 Å². The van der Waals surface area contributed by atoms with Crippen LogP contribution in [0.4, 0.5) is 0 Å². The Bertz CT molecular complexity index is 506. The van der Waals surface area contributed by atoms with E-state index < -0.39 is 0 Å². The molecule has 22 heavy (non-hydrogen) atoms. The number of ether oxygens (including phenoxy) is 1. The van der Waals surface area contributed by atoms with Gasteiger partial charge in [-0.25, -0.2) is 0 Å². The Morgan fingerprint density at radius 3 is 2.50 bits per heavy atom. The van der Waals surface area contributed by atoms with Gasteiger partial charge < -0.3 is 9.64 Å². The fourth-order valence-electron chi connectivity index (χ4n) is 2.73. The minimum atomic E-state index is 0.0791. The van der Waals surface area contributed by atoms with E-state index in [1.165, 1.54) is 0 Å². The molecule has 0 aliphatic carbocycles. The van der Waals surface area contributed by atoms with Crippen molar-refractivity contribution in [2.75, 3.05) is 32.8 Å².